The fourth-order valence-electron chi connectivity index (χ4n) is 3.33. The van der Waals surface area contributed by atoms with Gasteiger partial charge in [-0.2, -0.15) is 0 Å². The molecule has 3 rings (SSSR count). The number of aryl methyl sites for hydroxylation is 2. The van der Waals surface area contributed by atoms with E-state index < -0.39 is 17.8 Å². The van der Waals surface area contributed by atoms with E-state index in [4.69, 9.17) is 10.8 Å². The molecular weight excluding hydrogens is 305 g/mol. The summed E-state index contributed by atoms with van der Waals surface area (Å²) >= 11 is 0. The molecule has 24 heavy (non-hydrogen) atoms. The van der Waals surface area contributed by atoms with E-state index in [-0.39, 0.29) is 12.0 Å². The minimum atomic E-state index is -1.03. The molecule has 1 fully saturated rings. The molecule has 126 valence electrons. The fraction of sp³-hybridized carbons (Fsp3) is 0.350. The molecule has 1 saturated carbocycles. The minimum Gasteiger partial charge on any atom is -0.481 e. The van der Waals surface area contributed by atoms with Crippen molar-refractivity contribution in [3.63, 3.8) is 0 Å². The number of carbonyl (C=O) groups is 1. The molecule has 0 unspecified atom stereocenters. The number of aliphatic carboxylic acids is 1. The third-order valence-corrected chi connectivity index (χ3v) is 4.69. The largest absolute Gasteiger partial charge is 0.481 e. The summed E-state index contributed by atoms with van der Waals surface area (Å²) in [6.07, 6.45) is 2.08. The normalized spacial score (nSPS) is 15.3. The highest BCUT2D eigenvalue weighted by atomic mass is 19.1. The molecule has 0 spiro atoms. The third-order valence-electron chi connectivity index (χ3n) is 4.69. The van der Waals surface area contributed by atoms with Crippen molar-refractivity contribution in [1.29, 1.82) is 0 Å². The van der Waals surface area contributed by atoms with E-state index in [0.717, 1.165) is 16.7 Å². The van der Waals surface area contributed by atoms with Crippen LogP contribution in [0.1, 0.15) is 53.5 Å². The van der Waals surface area contributed by atoms with Crippen molar-refractivity contribution in [3.05, 3.63) is 58.4 Å². The molecule has 0 aliphatic heterocycles. The summed E-state index contributed by atoms with van der Waals surface area (Å²) in [5.41, 5.74) is 11.2. The second kappa shape index (κ2) is 6.36. The SMILES string of the molecule is Cc1cc(-c2c(C)cccc2C2CC2)cc([C@@H](N)CC(=O)O)c1F. The average molecular weight is 327 g/mol. The molecule has 0 saturated heterocycles. The number of halogens is 1. The molecule has 1 aliphatic rings. The van der Waals surface area contributed by atoms with Crippen LogP contribution in [0.4, 0.5) is 4.39 Å². The molecule has 1 atom stereocenters. The predicted molar refractivity (Wildman–Crippen MR) is 92.5 cm³/mol. The van der Waals surface area contributed by atoms with Crippen LogP contribution in [0.15, 0.2) is 30.3 Å². The summed E-state index contributed by atoms with van der Waals surface area (Å²) in [7, 11) is 0. The smallest absolute Gasteiger partial charge is 0.305 e. The molecule has 0 heterocycles. The molecule has 3 nitrogen and oxygen atoms in total. The Morgan fingerprint density at radius 3 is 2.62 bits per heavy atom. The van der Waals surface area contributed by atoms with Crippen LogP contribution in [0, 0.1) is 19.7 Å². The van der Waals surface area contributed by atoms with Gasteiger partial charge in [0, 0.05) is 11.6 Å². The number of rotatable bonds is 5. The maximum Gasteiger partial charge on any atom is 0.305 e. The van der Waals surface area contributed by atoms with E-state index in [2.05, 4.69) is 25.1 Å². The first-order valence-electron chi connectivity index (χ1n) is 8.25. The van der Waals surface area contributed by atoms with Gasteiger partial charge in [-0.3, -0.25) is 4.79 Å². The quantitative estimate of drug-likeness (QED) is 0.852. The highest BCUT2D eigenvalue weighted by molar-refractivity contribution is 5.74. The standard InChI is InChI=1S/C20H22FNO2/c1-11-4-3-5-15(13-6-7-13)19(11)14-8-12(2)20(21)16(9-14)17(22)10-18(23)24/h3-5,8-9,13,17H,6-7,10,22H2,1-2H3,(H,23,24)/t17-/m0/s1. The van der Waals surface area contributed by atoms with Crippen LogP contribution in [0.25, 0.3) is 11.1 Å². The molecule has 2 aromatic carbocycles. The van der Waals surface area contributed by atoms with Crippen LogP contribution >= 0.6 is 0 Å². The molecule has 0 amide bonds. The molecule has 4 heteroatoms. The van der Waals surface area contributed by atoms with Gasteiger partial charge in [-0.15, -0.1) is 0 Å². The summed E-state index contributed by atoms with van der Waals surface area (Å²) in [6.45, 7) is 3.75. The van der Waals surface area contributed by atoms with Crippen LogP contribution in [0.3, 0.4) is 0 Å². The van der Waals surface area contributed by atoms with Gasteiger partial charge in [-0.05, 0) is 72.6 Å². The molecule has 0 radical (unpaired) electrons. The Morgan fingerprint density at radius 1 is 1.29 bits per heavy atom. The summed E-state index contributed by atoms with van der Waals surface area (Å²) < 4.78 is 14.5. The van der Waals surface area contributed by atoms with Crippen LogP contribution in [-0.4, -0.2) is 11.1 Å². The Labute approximate surface area is 141 Å². The number of nitrogens with two attached hydrogens (primary N) is 1. The Kier molecular flexibility index (Phi) is 4.41. The van der Waals surface area contributed by atoms with Gasteiger partial charge in [0.15, 0.2) is 0 Å². The zero-order valence-electron chi connectivity index (χ0n) is 14.0. The number of carboxylic acid groups (broad SMARTS) is 1. The fourth-order valence-corrected chi connectivity index (χ4v) is 3.33. The first-order valence-corrected chi connectivity index (χ1v) is 8.25. The van der Waals surface area contributed by atoms with Crippen molar-refractivity contribution < 1.29 is 14.3 Å². The van der Waals surface area contributed by atoms with E-state index in [1.165, 1.54) is 18.4 Å². The van der Waals surface area contributed by atoms with Gasteiger partial charge >= 0.3 is 5.97 Å². The van der Waals surface area contributed by atoms with Crippen molar-refractivity contribution >= 4 is 5.97 Å². The summed E-state index contributed by atoms with van der Waals surface area (Å²) in [6, 6.07) is 8.95. The third kappa shape index (κ3) is 3.20. The lowest BCUT2D eigenvalue weighted by atomic mass is 9.89. The van der Waals surface area contributed by atoms with Gasteiger partial charge in [0.05, 0.1) is 6.42 Å². The van der Waals surface area contributed by atoms with E-state index >= 15 is 0 Å². The molecule has 1 aliphatic carbocycles. The average Bonchev–Trinajstić information content (AvgIpc) is 3.33. The zero-order chi connectivity index (χ0) is 17.4. The van der Waals surface area contributed by atoms with Crippen molar-refractivity contribution in [1.82, 2.24) is 0 Å². The van der Waals surface area contributed by atoms with Gasteiger partial charge in [0.25, 0.3) is 0 Å². The lowest BCUT2D eigenvalue weighted by Gasteiger charge is -2.18. The summed E-state index contributed by atoms with van der Waals surface area (Å²) in [5.74, 6) is -0.866. The van der Waals surface area contributed by atoms with Gasteiger partial charge in [0.2, 0.25) is 0 Å². The van der Waals surface area contributed by atoms with E-state index in [0.29, 0.717) is 11.5 Å². The zero-order valence-corrected chi connectivity index (χ0v) is 14.0. The molecule has 2 aromatic rings. The second-order valence-electron chi connectivity index (χ2n) is 6.71. The van der Waals surface area contributed by atoms with Gasteiger partial charge in [-0.1, -0.05) is 18.2 Å². The number of benzene rings is 2. The first kappa shape index (κ1) is 16.7. The summed E-state index contributed by atoms with van der Waals surface area (Å²) in [4.78, 5) is 10.9. The number of carboxylic acids is 1. The van der Waals surface area contributed by atoms with E-state index in [1.54, 1.807) is 13.0 Å². The summed E-state index contributed by atoms with van der Waals surface area (Å²) in [5, 5.41) is 8.96. The van der Waals surface area contributed by atoms with E-state index in [1.807, 2.05) is 6.07 Å². The van der Waals surface area contributed by atoms with Crippen LogP contribution in [0.5, 0.6) is 0 Å². The lowest BCUT2D eigenvalue weighted by Crippen LogP contribution is -2.17. The van der Waals surface area contributed by atoms with Crippen LogP contribution < -0.4 is 5.73 Å². The molecule has 3 N–H and O–H groups in total. The minimum absolute atomic E-state index is 0.275. The van der Waals surface area contributed by atoms with Crippen molar-refractivity contribution in [3.8, 4) is 11.1 Å². The lowest BCUT2D eigenvalue weighted by molar-refractivity contribution is -0.137. The topological polar surface area (TPSA) is 63.3 Å². The monoisotopic (exact) mass is 327 g/mol. The first-order chi connectivity index (χ1) is 11.4. The number of hydrogen-bond donors (Lipinski definition) is 2. The van der Waals surface area contributed by atoms with Gasteiger partial charge in [0.1, 0.15) is 5.82 Å². The maximum atomic E-state index is 14.5. The van der Waals surface area contributed by atoms with Crippen LogP contribution in [0.2, 0.25) is 0 Å². The molecule has 0 aromatic heterocycles. The van der Waals surface area contributed by atoms with E-state index in [9.17, 15) is 9.18 Å². The Hall–Kier alpha value is -2.20. The van der Waals surface area contributed by atoms with Gasteiger partial charge < -0.3 is 10.8 Å². The Balaban J connectivity index is 2.13. The Morgan fingerprint density at radius 2 is 2.00 bits per heavy atom. The predicted octanol–water partition coefficient (Wildman–Crippen LogP) is 4.46. The van der Waals surface area contributed by atoms with Crippen molar-refractivity contribution in [2.45, 2.75) is 45.1 Å². The van der Waals surface area contributed by atoms with Crippen molar-refractivity contribution in [2.24, 2.45) is 5.73 Å². The second-order valence-corrected chi connectivity index (χ2v) is 6.71. The highest BCUT2D eigenvalue weighted by Crippen LogP contribution is 2.46. The highest BCUT2D eigenvalue weighted by Gasteiger charge is 2.27. The van der Waals surface area contributed by atoms with Gasteiger partial charge in [-0.25, -0.2) is 4.39 Å². The molecular formula is C20H22FNO2. The number of hydrogen-bond acceptors (Lipinski definition) is 2. The Bertz CT molecular complexity index is 796. The molecule has 0 bridgehead atoms. The van der Waals surface area contributed by atoms with Crippen LogP contribution in [-0.2, 0) is 4.79 Å². The maximum absolute atomic E-state index is 14.5. The van der Waals surface area contributed by atoms with Crippen molar-refractivity contribution in [2.75, 3.05) is 0 Å².